The van der Waals surface area contributed by atoms with Gasteiger partial charge in [-0.1, -0.05) is 26.0 Å². The molecule has 1 heterocycles. The van der Waals surface area contributed by atoms with Crippen molar-refractivity contribution in [1.82, 2.24) is 10.6 Å². The van der Waals surface area contributed by atoms with E-state index in [-0.39, 0.29) is 19.2 Å². The highest BCUT2D eigenvalue weighted by molar-refractivity contribution is 5.84. The number of ether oxygens (including phenoxy) is 2. The first-order valence-electron chi connectivity index (χ1n) is 10.4. The van der Waals surface area contributed by atoms with Crippen molar-refractivity contribution in [2.24, 2.45) is 10.9 Å². The number of benzene rings is 1. The van der Waals surface area contributed by atoms with E-state index in [0.29, 0.717) is 31.6 Å². The quantitative estimate of drug-likeness (QED) is 0.392. The lowest BCUT2D eigenvalue weighted by molar-refractivity contribution is 0.0301. The summed E-state index contributed by atoms with van der Waals surface area (Å²) in [6, 6.07) is 7.77. The summed E-state index contributed by atoms with van der Waals surface area (Å²) in [6.07, 6.45) is -0.639. The number of hydrogen-bond acceptors (Lipinski definition) is 5. The van der Waals surface area contributed by atoms with E-state index in [1.807, 2.05) is 45.0 Å². The highest BCUT2D eigenvalue weighted by atomic mass is 16.5. The maximum Gasteiger partial charge on any atom is 0.191 e. The van der Waals surface area contributed by atoms with Crippen LogP contribution in [0.1, 0.15) is 46.4 Å². The van der Waals surface area contributed by atoms with Crippen LogP contribution in [0.3, 0.4) is 0 Å². The Morgan fingerprint density at radius 1 is 1.21 bits per heavy atom. The first kappa shape index (κ1) is 23.0. The van der Waals surface area contributed by atoms with Gasteiger partial charge in [0.25, 0.3) is 0 Å². The van der Waals surface area contributed by atoms with E-state index in [2.05, 4.69) is 29.5 Å². The fourth-order valence-corrected chi connectivity index (χ4v) is 2.82. The average molecular weight is 406 g/mol. The number of aliphatic hydroxyl groups is 1. The zero-order chi connectivity index (χ0) is 21.2. The van der Waals surface area contributed by atoms with Gasteiger partial charge >= 0.3 is 0 Å². The average Bonchev–Trinajstić information content (AvgIpc) is 3.12. The molecule has 2 unspecified atom stereocenters. The predicted molar refractivity (Wildman–Crippen MR) is 117 cm³/mol. The molecule has 0 aliphatic heterocycles. The molecule has 2 rings (SSSR count). The second-order valence-corrected chi connectivity index (χ2v) is 7.43. The van der Waals surface area contributed by atoms with Crippen LogP contribution in [-0.4, -0.2) is 50.1 Å². The van der Waals surface area contributed by atoms with Crippen molar-refractivity contribution in [3.63, 3.8) is 0 Å². The van der Waals surface area contributed by atoms with Crippen LogP contribution in [0, 0.1) is 5.92 Å². The van der Waals surface area contributed by atoms with Gasteiger partial charge in [0.15, 0.2) is 17.3 Å². The molecule has 29 heavy (non-hydrogen) atoms. The van der Waals surface area contributed by atoms with E-state index in [1.165, 1.54) is 0 Å². The zero-order valence-corrected chi connectivity index (χ0v) is 18.2. The second-order valence-electron chi connectivity index (χ2n) is 7.43. The number of hydrogen-bond donors (Lipinski definition) is 3. The van der Waals surface area contributed by atoms with Crippen LogP contribution >= 0.6 is 0 Å². The van der Waals surface area contributed by atoms with E-state index in [0.717, 1.165) is 22.5 Å². The number of fused-ring (bicyclic) bond motifs is 1. The number of nitrogens with one attached hydrogen (secondary N) is 2. The standard InChI is InChI=1S/C22H35N3O4/c1-6-23-22(24-12-18(26)14-27-13-15(3)4)25-16(5)20-11-17-9-8-10-19(28-7-2)21(17)29-20/h8-11,15-16,18,26H,6-7,12-14H2,1-5H3,(H2,23,24,25). The minimum atomic E-state index is -0.639. The lowest BCUT2D eigenvalue weighted by Crippen LogP contribution is -2.39. The first-order valence-corrected chi connectivity index (χ1v) is 10.4. The number of furan rings is 1. The van der Waals surface area contributed by atoms with Crippen LogP contribution in [0.4, 0.5) is 0 Å². The molecule has 0 saturated carbocycles. The molecule has 0 aliphatic rings. The van der Waals surface area contributed by atoms with Gasteiger partial charge < -0.3 is 29.6 Å². The van der Waals surface area contributed by atoms with E-state index in [4.69, 9.17) is 13.9 Å². The Hall–Kier alpha value is -2.25. The molecule has 7 heteroatoms. The molecule has 2 atom stereocenters. The number of rotatable bonds is 11. The Balaban J connectivity index is 2.02. The van der Waals surface area contributed by atoms with Crippen LogP contribution in [0.15, 0.2) is 33.7 Å². The summed E-state index contributed by atoms with van der Waals surface area (Å²) in [6.45, 7) is 12.6. The molecule has 0 saturated heterocycles. The second kappa shape index (κ2) is 11.7. The Bertz CT molecular complexity index is 773. The number of aliphatic imine (C=N–C) groups is 1. The molecular formula is C22H35N3O4. The molecule has 0 spiro atoms. The minimum absolute atomic E-state index is 0.107. The van der Waals surface area contributed by atoms with Gasteiger partial charge in [0, 0.05) is 18.5 Å². The normalized spacial score (nSPS) is 14.2. The molecule has 0 radical (unpaired) electrons. The highest BCUT2D eigenvalue weighted by Crippen LogP contribution is 2.31. The summed E-state index contributed by atoms with van der Waals surface area (Å²) in [5, 5.41) is 17.6. The molecule has 0 amide bonds. The fourth-order valence-electron chi connectivity index (χ4n) is 2.82. The van der Waals surface area contributed by atoms with E-state index in [1.54, 1.807) is 0 Å². The van der Waals surface area contributed by atoms with Crippen LogP contribution < -0.4 is 15.4 Å². The first-order chi connectivity index (χ1) is 13.9. The van der Waals surface area contributed by atoms with Gasteiger partial charge in [-0.3, -0.25) is 4.99 Å². The molecule has 2 aromatic rings. The third-order valence-electron chi connectivity index (χ3n) is 4.17. The van der Waals surface area contributed by atoms with Gasteiger partial charge in [0.2, 0.25) is 0 Å². The van der Waals surface area contributed by atoms with Gasteiger partial charge in [-0.15, -0.1) is 0 Å². The third-order valence-corrected chi connectivity index (χ3v) is 4.17. The molecule has 0 aliphatic carbocycles. The molecule has 162 valence electrons. The topological polar surface area (TPSA) is 88.3 Å². The summed E-state index contributed by atoms with van der Waals surface area (Å²) in [5.74, 6) is 2.60. The van der Waals surface area contributed by atoms with Crippen LogP contribution in [-0.2, 0) is 4.74 Å². The van der Waals surface area contributed by atoms with Crippen molar-refractivity contribution < 1.29 is 19.0 Å². The van der Waals surface area contributed by atoms with Crippen molar-refractivity contribution >= 4 is 16.9 Å². The van der Waals surface area contributed by atoms with Crippen molar-refractivity contribution in [3.05, 3.63) is 30.0 Å². The van der Waals surface area contributed by atoms with E-state index >= 15 is 0 Å². The van der Waals surface area contributed by atoms with Crippen molar-refractivity contribution in [2.45, 2.75) is 46.8 Å². The summed E-state index contributed by atoms with van der Waals surface area (Å²) in [4.78, 5) is 4.48. The summed E-state index contributed by atoms with van der Waals surface area (Å²) >= 11 is 0. The smallest absolute Gasteiger partial charge is 0.191 e. The molecule has 3 N–H and O–H groups in total. The van der Waals surface area contributed by atoms with E-state index in [9.17, 15) is 5.11 Å². The molecule has 1 aromatic carbocycles. The zero-order valence-electron chi connectivity index (χ0n) is 18.2. The lowest BCUT2D eigenvalue weighted by Gasteiger charge is -2.17. The fraction of sp³-hybridized carbons (Fsp3) is 0.591. The maximum absolute atomic E-state index is 10.1. The Morgan fingerprint density at radius 2 is 2.00 bits per heavy atom. The molecule has 0 bridgehead atoms. The summed E-state index contributed by atoms with van der Waals surface area (Å²) in [7, 11) is 0. The lowest BCUT2D eigenvalue weighted by atomic mass is 10.2. The molecule has 7 nitrogen and oxygen atoms in total. The van der Waals surface area contributed by atoms with Gasteiger partial charge in [0.1, 0.15) is 5.76 Å². The van der Waals surface area contributed by atoms with Gasteiger partial charge in [-0.05, 0) is 38.8 Å². The summed E-state index contributed by atoms with van der Waals surface area (Å²) in [5.41, 5.74) is 0.748. The molecule has 0 fully saturated rings. The van der Waals surface area contributed by atoms with Crippen LogP contribution in [0.5, 0.6) is 5.75 Å². The predicted octanol–water partition coefficient (Wildman–Crippen LogP) is 3.48. The molecule has 1 aromatic heterocycles. The number of para-hydroxylation sites is 1. The Morgan fingerprint density at radius 3 is 2.69 bits per heavy atom. The number of nitrogens with zero attached hydrogens (tertiary/aromatic N) is 1. The van der Waals surface area contributed by atoms with Crippen LogP contribution in [0.25, 0.3) is 11.0 Å². The maximum atomic E-state index is 10.1. The van der Waals surface area contributed by atoms with Crippen molar-refractivity contribution in [3.8, 4) is 5.75 Å². The largest absolute Gasteiger partial charge is 0.490 e. The monoisotopic (exact) mass is 405 g/mol. The Labute approximate surface area is 173 Å². The van der Waals surface area contributed by atoms with Gasteiger partial charge in [-0.25, -0.2) is 0 Å². The van der Waals surface area contributed by atoms with Crippen LogP contribution in [0.2, 0.25) is 0 Å². The number of aliphatic hydroxyl groups excluding tert-OH is 1. The number of guanidine groups is 1. The summed E-state index contributed by atoms with van der Waals surface area (Å²) < 4.78 is 17.2. The van der Waals surface area contributed by atoms with Crippen molar-refractivity contribution in [2.75, 3.05) is 32.9 Å². The minimum Gasteiger partial charge on any atom is -0.490 e. The SMILES string of the molecule is CCNC(=NCC(O)COCC(C)C)NC(C)c1cc2cccc(OCC)c2o1. The Kier molecular flexibility index (Phi) is 9.28. The highest BCUT2D eigenvalue weighted by Gasteiger charge is 2.16. The van der Waals surface area contributed by atoms with Gasteiger partial charge in [-0.2, -0.15) is 0 Å². The van der Waals surface area contributed by atoms with E-state index < -0.39 is 6.10 Å². The van der Waals surface area contributed by atoms with Gasteiger partial charge in [0.05, 0.1) is 31.9 Å². The van der Waals surface area contributed by atoms with Crippen molar-refractivity contribution in [1.29, 1.82) is 0 Å². The molecular weight excluding hydrogens is 370 g/mol. The third kappa shape index (κ3) is 7.25.